The third kappa shape index (κ3) is 2.96. The number of amides is 1. The molecule has 2 atom stereocenters. The van der Waals surface area contributed by atoms with Gasteiger partial charge in [0.15, 0.2) is 0 Å². The summed E-state index contributed by atoms with van der Waals surface area (Å²) in [6.07, 6.45) is 4.40. The fourth-order valence-corrected chi connectivity index (χ4v) is 2.60. The molecular weight excluding hydrogens is 270 g/mol. The summed E-state index contributed by atoms with van der Waals surface area (Å²) in [6, 6.07) is 7.01. The number of aromatic nitrogens is 2. The highest BCUT2D eigenvalue weighted by Crippen LogP contribution is 2.20. The Hall–Kier alpha value is -2.18. The van der Waals surface area contributed by atoms with Crippen molar-refractivity contribution in [1.82, 2.24) is 14.9 Å². The first-order valence-electron chi connectivity index (χ1n) is 6.89. The molecule has 1 aliphatic carbocycles. The highest BCUT2D eigenvalue weighted by Gasteiger charge is 2.32. The van der Waals surface area contributed by atoms with E-state index < -0.39 is 12.2 Å². The number of carbonyl (C=O) groups is 1. The highest BCUT2D eigenvalue weighted by molar-refractivity contribution is 5.94. The lowest BCUT2D eigenvalue weighted by molar-refractivity contribution is 0.0438. The molecule has 2 unspecified atom stereocenters. The van der Waals surface area contributed by atoms with Crippen LogP contribution in [0, 0.1) is 0 Å². The first-order chi connectivity index (χ1) is 10.1. The average Bonchev–Trinajstić information content (AvgIpc) is 3.10. The molecular formula is C15H17N3O3. The number of aliphatic hydroxyl groups excluding tert-OH is 2. The van der Waals surface area contributed by atoms with Crippen molar-refractivity contribution in [2.75, 3.05) is 0 Å². The number of nitrogens with zero attached hydrogens (tertiary/aromatic N) is 2. The van der Waals surface area contributed by atoms with Crippen LogP contribution in [0.2, 0.25) is 0 Å². The number of carbonyl (C=O) groups excluding carboxylic acids is 1. The lowest BCUT2D eigenvalue weighted by Gasteiger charge is -2.12. The van der Waals surface area contributed by atoms with E-state index in [2.05, 4.69) is 10.3 Å². The van der Waals surface area contributed by atoms with Crippen molar-refractivity contribution >= 4 is 5.91 Å². The smallest absolute Gasteiger partial charge is 0.251 e. The molecule has 1 aliphatic rings. The molecule has 3 N–H and O–H groups in total. The molecule has 1 amide bonds. The van der Waals surface area contributed by atoms with E-state index in [4.69, 9.17) is 0 Å². The number of benzene rings is 1. The van der Waals surface area contributed by atoms with Gasteiger partial charge in [0.05, 0.1) is 18.5 Å². The van der Waals surface area contributed by atoms with E-state index in [1.807, 2.05) is 16.7 Å². The Bertz CT molecular complexity index is 617. The van der Waals surface area contributed by atoms with Gasteiger partial charge in [0.1, 0.15) is 0 Å². The van der Waals surface area contributed by atoms with Crippen molar-refractivity contribution in [3.8, 4) is 5.69 Å². The van der Waals surface area contributed by atoms with E-state index >= 15 is 0 Å². The quantitative estimate of drug-likeness (QED) is 0.766. The van der Waals surface area contributed by atoms with Crippen molar-refractivity contribution in [3.63, 3.8) is 0 Å². The van der Waals surface area contributed by atoms with Gasteiger partial charge in [0.25, 0.3) is 5.91 Å². The molecule has 0 radical (unpaired) electrons. The first-order valence-corrected chi connectivity index (χ1v) is 6.89. The number of nitrogens with one attached hydrogen (secondary N) is 1. The number of aliphatic hydroxyl groups is 2. The zero-order valence-corrected chi connectivity index (χ0v) is 11.4. The van der Waals surface area contributed by atoms with Crippen LogP contribution in [0.25, 0.3) is 5.69 Å². The summed E-state index contributed by atoms with van der Waals surface area (Å²) in [5, 5.41) is 21.9. The van der Waals surface area contributed by atoms with Gasteiger partial charge in [-0.3, -0.25) is 4.79 Å². The van der Waals surface area contributed by atoms with Crippen molar-refractivity contribution in [2.24, 2.45) is 0 Å². The van der Waals surface area contributed by atoms with E-state index in [1.165, 1.54) is 0 Å². The second-order valence-corrected chi connectivity index (χ2v) is 5.30. The minimum atomic E-state index is -0.757. The Morgan fingerprint density at radius 1 is 1.29 bits per heavy atom. The fraction of sp³-hybridized carbons (Fsp3) is 0.333. The van der Waals surface area contributed by atoms with Gasteiger partial charge in [-0.1, -0.05) is 6.07 Å². The lowest BCUT2D eigenvalue weighted by Crippen LogP contribution is -2.33. The Kier molecular flexibility index (Phi) is 3.72. The van der Waals surface area contributed by atoms with Gasteiger partial charge in [-0.25, -0.2) is 4.98 Å². The monoisotopic (exact) mass is 287 g/mol. The molecule has 6 nitrogen and oxygen atoms in total. The summed E-state index contributed by atoms with van der Waals surface area (Å²) >= 11 is 0. The molecule has 1 fully saturated rings. The predicted molar refractivity (Wildman–Crippen MR) is 76.1 cm³/mol. The van der Waals surface area contributed by atoms with Crippen molar-refractivity contribution in [2.45, 2.75) is 31.1 Å². The third-order valence-corrected chi connectivity index (χ3v) is 3.74. The van der Waals surface area contributed by atoms with Gasteiger partial charge in [-0.05, 0) is 31.0 Å². The van der Waals surface area contributed by atoms with Gasteiger partial charge in [-0.15, -0.1) is 0 Å². The van der Waals surface area contributed by atoms with E-state index in [1.54, 1.807) is 30.9 Å². The molecule has 21 heavy (non-hydrogen) atoms. The highest BCUT2D eigenvalue weighted by atomic mass is 16.3. The van der Waals surface area contributed by atoms with Crippen LogP contribution >= 0.6 is 0 Å². The van der Waals surface area contributed by atoms with Gasteiger partial charge in [-0.2, -0.15) is 0 Å². The molecule has 1 saturated carbocycles. The molecule has 0 spiro atoms. The standard InChI is InChI=1S/C15H17N3O3/c19-13-7-11(8-14(13)20)17-15(21)10-2-1-3-12(6-10)18-5-4-16-9-18/h1-6,9,11,13-14,19-20H,7-8H2,(H,17,21). The molecule has 1 aromatic heterocycles. The molecule has 6 heteroatoms. The Balaban J connectivity index is 1.72. The summed E-state index contributed by atoms with van der Waals surface area (Å²) in [4.78, 5) is 16.2. The third-order valence-electron chi connectivity index (χ3n) is 3.74. The van der Waals surface area contributed by atoms with Crippen molar-refractivity contribution in [3.05, 3.63) is 48.5 Å². The zero-order valence-electron chi connectivity index (χ0n) is 11.4. The average molecular weight is 287 g/mol. The van der Waals surface area contributed by atoms with Crippen LogP contribution in [0.1, 0.15) is 23.2 Å². The summed E-state index contributed by atoms with van der Waals surface area (Å²) < 4.78 is 1.82. The van der Waals surface area contributed by atoms with Crippen LogP contribution in [-0.4, -0.2) is 43.9 Å². The largest absolute Gasteiger partial charge is 0.390 e. The number of hydrogen-bond acceptors (Lipinski definition) is 4. The predicted octanol–water partition coefficient (Wildman–Crippen LogP) is 0.486. The fourth-order valence-electron chi connectivity index (χ4n) is 2.60. The van der Waals surface area contributed by atoms with Crippen LogP contribution in [0.15, 0.2) is 43.0 Å². The molecule has 1 heterocycles. The van der Waals surface area contributed by atoms with E-state index in [9.17, 15) is 15.0 Å². The maximum absolute atomic E-state index is 12.2. The van der Waals surface area contributed by atoms with Crippen LogP contribution in [0.4, 0.5) is 0 Å². The van der Waals surface area contributed by atoms with Crippen molar-refractivity contribution < 1.29 is 15.0 Å². The summed E-state index contributed by atoms with van der Waals surface area (Å²) in [7, 11) is 0. The molecule has 110 valence electrons. The molecule has 3 rings (SSSR count). The van der Waals surface area contributed by atoms with Gasteiger partial charge < -0.3 is 20.1 Å². The van der Waals surface area contributed by atoms with Crippen LogP contribution in [0.3, 0.4) is 0 Å². The van der Waals surface area contributed by atoms with Gasteiger partial charge in [0, 0.05) is 29.7 Å². The molecule has 0 saturated heterocycles. The van der Waals surface area contributed by atoms with Gasteiger partial charge >= 0.3 is 0 Å². The summed E-state index contributed by atoms with van der Waals surface area (Å²) in [6.45, 7) is 0. The minimum Gasteiger partial charge on any atom is -0.390 e. The molecule has 2 aromatic rings. The van der Waals surface area contributed by atoms with E-state index in [-0.39, 0.29) is 11.9 Å². The summed E-state index contributed by atoms with van der Waals surface area (Å²) in [5.74, 6) is -0.205. The van der Waals surface area contributed by atoms with Crippen LogP contribution in [-0.2, 0) is 0 Å². The Morgan fingerprint density at radius 3 is 2.71 bits per heavy atom. The first kappa shape index (κ1) is 13.8. The van der Waals surface area contributed by atoms with Crippen LogP contribution in [0.5, 0.6) is 0 Å². The number of rotatable bonds is 3. The number of imidazole rings is 1. The molecule has 0 bridgehead atoms. The normalized spacial score (nSPS) is 25.0. The van der Waals surface area contributed by atoms with E-state index in [0.717, 1.165) is 5.69 Å². The van der Waals surface area contributed by atoms with Crippen molar-refractivity contribution in [1.29, 1.82) is 0 Å². The number of hydrogen-bond donors (Lipinski definition) is 3. The van der Waals surface area contributed by atoms with Gasteiger partial charge in [0.2, 0.25) is 0 Å². The lowest BCUT2D eigenvalue weighted by atomic mass is 10.1. The maximum atomic E-state index is 12.2. The molecule has 1 aromatic carbocycles. The second kappa shape index (κ2) is 5.67. The molecule has 0 aliphatic heterocycles. The topological polar surface area (TPSA) is 87.4 Å². The second-order valence-electron chi connectivity index (χ2n) is 5.30. The van der Waals surface area contributed by atoms with E-state index in [0.29, 0.717) is 18.4 Å². The Morgan fingerprint density at radius 2 is 2.05 bits per heavy atom. The zero-order chi connectivity index (χ0) is 14.8. The SMILES string of the molecule is O=C(NC1CC(O)C(O)C1)c1cccc(-n2ccnc2)c1. The Labute approximate surface area is 122 Å². The maximum Gasteiger partial charge on any atom is 0.251 e. The van der Waals surface area contributed by atoms with Crippen LogP contribution < -0.4 is 5.32 Å². The minimum absolute atomic E-state index is 0.195. The summed E-state index contributed by atoms with van der Waals surface area (Å²) in [5.41, 5.74) is 1.39.